The van der Waals surface area contributed by atoms with Gasteiger partial charge in [-0.1, -0.05) is 6.07 Å². The molecule has 0 saturated carbocycles. The number of aromatic hydroxyl groups is 1. The molecule has 3 heterocycles. The van der Waals surface area contributed by atoms with Crippen molar-refractivity contribution in [2.75, 3.05) is 4.90 Å². The van der Waals surface area contributed by atoms with Gasteiger partial charge in [-0.05, 0) is 60.2 Å². The molecule has 0 unspecified atom stereocenters. The van der Waals surface area contributed by atoms with E-state index in [-0.39, 0.29) is 17.8 Å². The number of benzene rings is 1. The van der Waals surface area contributed by atoms with Gasteiger partial charge in [0, 0.05) is 31.3 Å². The molecule has 6 heteroatoms. The van der Waals surface area contributed by atoms with E-state index in [2.05, 4.69) is 27.5 Å². The molecule has 2 N–H and O–H groups in total. The first kappa shape index (κ1) is 15.7. The molecule has 0 bridgehead atoms. The van der Waals surface area contributed by atoms with Crippen LogP contribution < -0.4 is 10.2 Å². The standard InChI is InChI=1S/C19H18N4OS/c1-22-11-9-13(12-22)18-17(16-4-2-3-10-20-16)21-19(25)23(18)14-5-7-15(24)8-6-14/h2-12,17-18,24H,1H3,(H,21,25)/t17-,18+/m0/s1. The SMILES string of the molecule is Cn1ccc([C@@H]2[C@H](c3ccccn3)NC(=S)N2c2ccc(O)cc2)c1. The Kier molecular flexibility index (Phi) is 3.89. The zero-order valence-electron chi connectivity index (χ0n) is 13.7. The minimum Gasteiger partial charge on any atom is -0.508 e. The fraction of sp³-hybridized carbons (Fsp3) is 0.158. The van der Waals surface area contributed by atoms with Gasteiger partial charge in [-0.2, -0.15) is 0 Å². The van der Waals surface area contributed by atoms with Crippen LogP contribution in [0.2, 0.25) is 0 Å². The Labute approximate surface area is 151 Å². The van der Waals surface area contributed by atoms with Crippen LogP contribution in [0.3, 0.4) is 0 Å². The summed E-state index contributed by atoms with van der Waals surface area (Å²) < 4.78 is 2.03. The summed E-state index contributed by atoms with van der Waals surface area (Å²) in [5.74, 6) is 0.236. The normalized spacial score (nSPS) is 19.9. The summed E-state index contributed by atoms with van der Waals surface area (Å²) in [4.78, 5) is 6.61. The quantitative estimate of drug-likeness (QED) is 0.710. The van der Waals surface area contributed by atoms with Crippen LogP contribution in [0.15, 0.2) is 67.1 Å². The highest BCUT2D eigenvalue weighted by molar-refractivity contribution is 7.80. The van der Waals surface area contributed by atoms with Gasteiger partial charge in [0.15, 0.2) is 5.11 Å². The van der Waals surface area contributed by atoms with Crippen LogP contribution >= 0.6 is 12.2 Å². The Morgan fingerprint density at radius 3 is 2.56 bits per heavy atom. The van der Waals surface area contributed by atoms with Crippen LogP contribution in [0.1, 0.15) is 23.3 Å². The summed E-state index contributed by atoms with van der Waals surface area (Å²) in [6.45, 7) is 0. The lowest BCUT2D eigenvalue weighted by molar-refractivity contribution is 0.475. The van der Waals surface area contributed by atoms with Crippen LogP contribution in [-0.2, 0) is 7.05 Å². The summed E-state index contributed by atoms with van der Waals surface area (Å²) in [5, 5.41) is 13.7. The van der Waals surface area contributed by atoms with Crippen LogP contribution in [0.25, 0.3) is 0 Å². The van der Waals surface area contributed by atoms with Gasteiger partial charge >= 0.3 is 0 Å². The van der Waals surface area contributed by atoms with E-state index in [1.165, 1.54) is 0 Å². The van der Waals surface area contributed by atoms with E-state index in [1.54, 1.807) is 18.3 Å². The third-order valence-electron chi connectivity index (χ3n) is 4.42. The van der Waals surface area contributed by atoms with Crippen molar-refractivity contribution in [2.45, 2.75) is 12.1 Å². The Morgan fingerprint density at radius 2 is 1.92 bits per heavy atom. The molecule has 1 saturated heterocycles. The molecular formula is C19H18N4OS. The number of aromatic nitrogens is 2. The molecule has 126 valence electrons. The van der Waals surface area contributed by atoms with E-state index in [0.29, 0.717) is 5.11 Å². The van der Waals surface area contributed by atoms with Crippen molar-refractivity contribution in [1.29, 1.82) is 0 Å². The maximum absolute atomic E-state index is 9.60. The highest BCUT2D eigenvalue weighted by Crippen LogP contribution is 2.41. The van der Waals surface area contributed by atoms with Crippen LogP contribution in [0.4, 0.5) is 5.69 Å². The zero-order valence-corrected chi connectivity index (χ0v) is 14.5. The molecule has 4 rings (SSSR count). The molecule has 1 aromatic carbocycles. The van der Waals surface area contributed by atoms with Gasteiger partial charge in [0.2, 0.25) is 0 Å². The largest absolute Gasteiger partial charge is 0.508 e. The number of anilines is 1. The first-order valence-corrected chi connectivity index (χ1v) is 8.46. The van der Waals surface area contributed by atoms with Crippen molar-refractivity contribution >= 4 is 23.0 Å². The van der Waals surface area contributed by atoms with E-state index in [1.807, 2.05) is 48.1 Å². The predicted octanol–water partition coefficient (Wildman–Crippen LogP) is 3.30. The van der Waals surface area contributed by atoms with Gasteiger partial charge in [0.05, 0.1) is 17.8 Å². The number of thiocarbonyl (C=S) groups is 1. The van der Waals surface area contributed by atoms with Gasteiger partial charge in [0.1, 0.15) is 5.75 Å². The zero-order chi connectivity index (χ0) is 17.4. The molecule has 1 aliphatic heterocycles. The topological polar surface area (TPSA) is 53.3 Å². The van der Waals surface area contributed by atoms with Crippen molar-refractivity contribution in [3.05, 3.63) is 78.4 Å². The van der Waals surface area contributed by atoms with Crippen molar-refractivity contribution in [2.24, 2.45) is 7.05 Å². The molecular weight excluding hydrogens is 332 g/mol. The van der Waals surface area contributed by atoms with E-state index in [0.717, 1.165) is 16.9 Å². The molecule has 0 amide bonds. The summed E-state index contributed by atoms with van der Waals surface area (Å²) in [7, 11) is 2.00. The van der Waals surface area contributed by atoms with E-state index < -0.39 is 0 Å². The number of nitrogens with one attached hydrogen (secondary N) is 1. The molecule has 0 aliphatic carbocycles. The second kappa shape index (κ2) is 6.22. The Balaban J connectivity index is 1.81. The molecule has 1 fully saturated rings. The second-order valence-corrected chi connectivity index (χ2v) is 6.51. The number of aryl methyl sites for hydroxylation is 1. The highest BCUT2D eigenvalue weighted by atomic mass is 32.1. The Hall–Kier alpha value is -2.86. The lowest BCUT2D eigenvalue weighted by Gasteiger charge is -2.27. The lowest BCUT2D eigenvalue weighted by atomic mass is 9.98. The number of hydrogen-bond acceptors (Lipinski definition) is 3. The summed E-state index contributed by atoms with van der Waals surface area (Å²) in [6, 6.07) is 15.0. The van der Waals surface area contributed by atoms with Gasteiger partial charge in [-0.25, -0.2) is 0 Å². The predicted molar refractivity (Wildman–Crippen MR) is 101 cm³/mol. The second-order valence-electron chi connectivity index (χ2n) is 6.12. The summed E-state index contributed by atoms with van der Waals surface area (Å²) in [6.07, 6.45) is 5.93. The summed E-state index contributed by atoms with van der Waals surface area (Å²) >= 11 is 5.63. The van der Waals surface area contributed by atoms with Crippen LogP contribution in [0.5, 0.6) is 5.75 Å². The average Bonchev–Trinajstić information content (AvgIpc) is 3.20. The number of phenols is 1. The molecule has 25 heavy (non-hydrogen) atoms. The van der Waals surface area contributed by atoms with Gasteiger partial charge in [-0.15, -0.1) is 0 Å². The highest BCUT2D eigenvalue weighted by Gasteiger charge is 2.40. The minimum absolute atomic E-state index is 0.0202. The lowest BCUT2D eigenvalue weighted by Crippen LogP contribution is -2.29. The van der Waals surface area contributed by atoms with Crippen molar-refractivity contribution in [1.82, 2.24) is 14.9 Å². The molecule has 5 nitrogen and oxygen atoms in total. The van der Waals surface area contributed by atoms with E-state index in [9.17, 15) is 5.11 Å². The number of nitrogens with zero attached hydrogens (tertiary/aromatic N) is 3. The van der Waals surface area contributed by atoms with E-state index >= 15 is 0 Å². The fourth-order valence-electron chi connectivity index (χ4n) is 3.28. The summed E-state index contributed by atoms with van der Waals surface area (Å²) in [5.41, 5.74) is 3.03. The van der Waals surface area contributed by atoms with Gasteiger partial charge < -0.3 is 19.9 Å². The average molecular weight is 350 g/mol. The molecule has 1 aliphatic rings. The molecule has 2 atom stereocenters. The van der Waals surface area contributed by atoms with Gasteiger partial charge in [-0.3, -0.25) is 4.98 Å². The number of pyridine rings is 1. The van der Waals surface area contributed by atoms with Crippen molar-refractivity contribution in [3.63, 3.8) is 0 Å². The monoisotopic (exact) mass is 350 g/mol. The number of hydrogen-bond donors (Lipinski definition) is 2. The van der Waals surface area contributed by atoms with Crippen LogP contribution in [0, 0.1) is 0 Å². The maximum atomic E-state index is 9.60. The molecule has 0 spiro atoms. The Morgan fingerprint density at radius 1 is 1.12 bits per heavy atom. The number of phenolic OH excluding ortho intramolecular Hbond substituents is 1. The first-order chi connectivity index (χ1) is 12.1. The Bertz CT molecular complexity index is 891. The third kappa shape index (κ3) is 2.85. The minimum atomic E-state index is -0.0510. The third-order valence-corrected chi connectivity index (χ3v) is 4.74. The smallest absolute Gasteiger partial charge is 0.174 e. The van der Waals surface area contributed by atoms with Crippen LogP contribution in [-0.4, -0.2) is 19.8 Å². The maximum Gasteiger partial charge on any atom is 0.174 e. The van der Waals surface area contributed by atoms with E-state index in [4.69, 9.17) is 12.2 Å². The number of rotatable bonds is 3. The fourth-order valence-corrected chi connectivity index (χ4v) is 3.63. The van der Waals surface area contributed by atoms with Gasteiger partial charge in [0.25, 0.3) is 0 Å². The molecule has 3 aromatic rings. The molecule has 0 radical (unpaired) electrons. The first-order valence-electron chi connectivity index (χ1n) is 8.05. The van der Waals surface area contributed by atoms with Crippen molar-refractivity contribution < 1.29 is 5.11 Å². The molecule has 2 aromatic heterocycles. The van der Waals surface area contributed by atoms with Crippen molar-refractivity contribution in [3.8, 4) is 5.75 Å².